The van der Waals surface area contributed by atoms with Gasteiger partial charge in [0.2, 0.25) is 0 Å². The van der Waals surface area contributed by atoms with Gasteiger partial charge in [-0.05, 0) is 61.9 Å². The van der Waals surface area contributed by atoms with E-state index in [4.69, 9.17) is 9.47 Å². The van der Waals surface area contributed by atoms with E-state index in [1.807, 2.05) is 11.8 Å². The van der Waals surface area contributed by atoms with Gasteiger partial charge < -0.3 is 9.47 Å². The minimum Gasteiger partial charge on any atom is -0.465 e. The summed E-state index contributed by atoms with van der Waals surface area (Å²) in [5.41, 5.74) is 0. The molecule has 0 aliphatic rings. The van der Waals surface area contributed by atoms with E-state index in [0.29, 0.717) is 37.9 Å². The van der Waals surface area contributed by atoms with E-state index in [0.717, 1.165) is 62.9 Å². The highest BCUT2D eigenvalue weighted by Crippen LogP contribution is 2.15. The third-order valence-corrected chi connectivity index (χ3v) is 7.04. The van der Waals surface area contributed by atoms with Crippen LogP contribution < -0.4 is 0 Å². The zero-order valence-electron chi connectivity index (χ0n) is 20.9. The fourth-order valence-electron chi connectivity index (χ4n) is 3.41. The highest BCUT2D eigenvalue weighted by Gasteiger charge is 2.11. The third kappa shape index (κ3) is 19.7. The van der Waals surface area contributed by atoms with Crippen LogP contribution in [-0.2, 0) is 19.1 Å². The summed E-state index contributed by atoms with van der Waals surface area (Å²) in [5, 5.41) is 0. The molecular weight excluding hydrogens is 408 g/mol. The molecule has 0 heterocycles. The van der Waals surface area contributed by atoms with Gasteiger partial charge in [0.1, 0.15) is 0 Å². The molecule has 0 aliphatic heterocycles. The van der Waals surface area contributed by atoms with E-state index in [2.05, 4.69) is 27.7 Å². The maximum Gasteiger partial charge on any atom is 0.305 e. The number of thioether (sulfide) groups is 1. The van der Waals surface area contributed by atoms with Gasteiger partial charge in [-0.25, -0.2) is 0 Å². The summed E-state index contributed by atoms with van der Waals surface area (Å²) in [5.74, 6) is 3.09. The first-order valence-electron chi connectivity index (χ1n) is 13.0. The van der Waals surface area contributed by atoms with Crippen molar-refractivity contribution in [3.05, 3.63) is 0 Å². The zero-order chi connectivity index (χ0) is 23.2. The first-order chi connectivity index (χ1) is 15.1. The standard InChI is InChI=1S/C26H50O4S/c1-5-9-15-23(7-3)21-29-25(27)17-11-13-19-31-20-14-12-18-26(28)30-22-24(8-4)16-10-6-2/h23-24H,5-22H2,1-4H3. The first-order valence-corrected chi connectivity index (χ1v) is 14.1. The van der Waals surface area contributed by atoms with E-state index in [9.17, 15) is 9.59 Å². The van der Waals surface area contributed by atoms with E-state index < -0.39 is 0 Å². The lowest BCUT2D eigenvalue weighted by Crippen LogP contribution is -2.13. The summed E-state index contributed by atoms with van der Waals surface area (Å²) in [6.07, 6.45) is 14.3. The van der Waals surface area contributed by atoms with Crippen LogP contribution in [0, 0.1) is 11.8 Å². The van der Waals surface area contributed by atoms with Gasteiger partial charge in [0.15, 0.2) is 0 Å². The molecule has 0 amide bonds. The predicted molar refractivity (Wildman–Crippen MR) is 134 cm³/mol. The number of esters is 2. The molecule has 0 radical (unpaired) electrons. The average Bonchev–Trinajstić information content (AvgIpc) is 2.78. The van der Waals surface area contributed by atoms with Crippen molar-refractivity contribution in [1.29, 1.82) is 0 Å². The Labute approximate surface area is 197 Å². The second-order valence-electron chi connectivity index (χ2n) is 8.73. The Morgan fingerprint density at radius 3 is 1.42 bits per heavy atom. The van der Waals surface area contributed by atoms with Gasteiger partial charge in [-0.2, -0.15) is 11.8 Å². The SMILES string of the molecule is CCCCC(CC)COC(=O)CCCCSCCCCC(=O)OCC(CC)CCCC. The van der Waals surface area contributed by atoms with Gasteiger partial charge in [-0.15, -0.1) is 0 Å². The lowest BCUT2D eigenvalue weighted by Gasteiger charge is -2.14. The highest BCUT2D eigenvalue weighted by atomic mass is 32.2. The summed E-state index contributed by atoms with van der Waals surface area (Å²) in [6, 6.07) is 0. The highest BCUT2D eigenvalue weighted by molar-refractivity contribution is 7.99. The maximum absolute atomic E-state index is 11.9. The molecule has 0 N–H and O–H groups in total. The zero-order valence-corrected chi connectivity index (χ0v) is 21.7. The normalized spacial score (nSPS) is 13.0. The molecule has 0 spiro atoms. The van der Waals surface area contributed by atoms with Gasteiger partial charge in [0, 0.05) is 12.8 Å². The second kappa shape index (κ2) is 22.5. The third-order valence-electron chi connectivity index (χ3n) is 5.89. The Bertz CT molecular complexity index is 390. The van der Waals surface area contributed by atoms with Crippen molar-refractivity contribution in [2.45, 2.75) is 118 Å². The van der Waals surface area contributed by atoms with Gasteiger partial charge in [-0.1, -0.05) is 66.2 Å². The predicted octanol–water partition coefficient (Wildman–Crippen LogP) is 7.58. The fraction of sp³-hybridized carbons (Fsp3) is 0.923. The number of rotatable bonds is 22. The smallest absolute Gasteiger partial charge is 0.305 e. The van der Waals surface area contributed by atoms with Gasteiger partial charge in [-0.3, -0.25) is 9.59 Å². The van der Waals surface area contributed by atoms with Gasteiger partial charge in [0.25, 0.3) is 0 Å². The van der Waals surface area contributed by atoms with Crippen molar-refractivity contribution in [3.8, 4) is 0 Å². The fourth-order valence-corrected chi connectivity index (χ4v) is 4.43. The Morgan fingerprint density at radius 2 is 1.06 bits per heavy atom. The molecule has 0 bridgehead atoms. The van der Waals surface area contributed by atoms with Crippen LogP contribution in [0.15, 0.2) is 0 Å². The van der Waals surface area contributed by atoms with Crippen LogP contribution in [0.3, 0.4) is 0 Å². The van der Waals surface area contributed by atoms with Crippen molar-refractivity contribution in [1.82, 2.24) is 0 Å². The summed E-state index contributed by atoms with van der Waals surface area (Å²) in [7, 11) is 0. The molecule has 31 heavy (non-hydrogen) atoms. The molecule has 0 saturated carbocycles. The van der Waals surface area contributed by atoms with Crippen LogP contribution in [-0.4, -0.2) is 36.7 Å². The number of carbonyl (C=O) groups is 2. The van der Waals surface area contributed by atoms with E-state index in [1.54, 1.807) is 0 Å². The summed E-state index contributed by atoms with van der Waals surface area (Å²) >= 11 is 1.91. The molecule has 0 aromatic heterocycles. The van der Waals surface area contributed by atoms with Crippen LogP contribution >= 0.6 is 11.8 Å². The topological polar surface area (TPSA) is 52.6 Å². The number of unbranched alkanes of at least 4 members (excludes halogenated alkanes) is 4. The molecule has 0 rings (SSSR count). The van der Waals surface area contributed by atoms with Crippen molar-refractivity contribution < 1.29 is 19.1 Å². The number of hydrogen-bond acceptors (Lipinski definition) is 5. The van der Waals surface area contributed by atoms with Crippen LogP contribution in [0.1, 0.15) is 118 Å². The lowest BCUT2D eigenvalue weighted by atomic mass is 10.0. The number of carbonyl (C=O) groups excluding carboxylic acids is 2. The van der Waals surface area contributed by atoms with Crippen LogP contribution in [0.25, 0.3) is 0 Å². The average molecular weight is 459 g/mol. The van der Waals surface area contributed by atoms with Gasteiger partial charge in [0.05, 0.1) is 13.2 Å². The second-order valence-corrected chi connectivity index (χ2v) is 9.95. The molecule has 184 valence electrons. The first kappa shape index (κ1) is 30.3. The molecule has 2 atom stereocenters. The largest absolute Gasteiger partial charge is 0.465 e. The molecule has 0 aromatic rings. The van der Waals surface area contributed by atoms with Crippen LogP contribution in [0.4, 0.5) is 0 Å². The Balaban J connectivity index is 3.52. The summed E-state index contributed by atoms with van der Waals surface area (Å²) in [6.45, 7) is 9.91. The molecule has 0 aliphatic carbocycles. The number of ether oxygens (including phenoxy) is 2. The molecule has 5 heteroatoms. The Morgan fingerprint density at radius 1 is 0.645 bits per heavy atom. The molecule has 0 saturated heterocycles. The van der Waals surface area contributed by atoms with Crippen molar-refractivity contribution in [2.24, 2.45) is 11.8 Å². The molecule has 0 aromatic carbocycles. The maximum atomic E-state index is 11.9. The molecular formula is C26H50O4S. The molecule has 2 unspecified atom stereocenters. The quantitative estimate of drug-likeness (QED) is 0.124. The summed E-state index contributed by atoms with van der Waals surface area (Å²) < 4.78 is 10.9. The van der Waals surface area contributed by atoms with Crippen molar-refractivity contribution >= 4 is 23.7 Å². The van der Waals surface area contributed by atoms with Crippen LogP contribution in [0.2, 0.25) is 0 Å². The van der Waals surface area contributed by atoms with Crippen molar-refractivity contribution in [2.75, 3.05) is 24.7 Å². The molecule has 4 nitrogen and oxygen atoms in total. The monoisotopic (exact) mass is 458 g/mol. The molecule has 0 fully saturated rings. The lowest BCUT2D eigenvalue weighted by molar-refractivity contribution is -0.146. The van der Waals surface area contributed by atoms with E-state index >= 15 is 0 Å². The van der Waals surface area contributed by atoms with Gasteiger partial charge >= 0.3 is 11.9 Å². The summed E-state index contributed by atoms with van der Waals surface area (Å²) in [4.78, 5) is 23.7. The van der Waals surface area contributed by atoms with E-state index in [1.165, 1.54) is 25.7 Å². The van der Waals surface area contributed by atoms with Crippen molar-refractivity contribution in [3.63, 3.8) is 0 Å². The minimum atomic E-state index is -0.0431. The van der Waals surface area contributed by atoms with Crippen LogP contribution in [0.5, 0.6) is 0 Å². The minimum absolute atomic E-state index is 0.0431. The van der Waals surface area contributed by atoms with E-state index in [-0.39, 0.29) is 11.9 Å². The Kier molecular flexibility index (Phi) is 22.0. The Hall–Kier alpha value is -0.710. The number of hydrogen-bond donors (Lipinski definition) is 0.